The second-order valence-electron chi connectivity index (χ2n) is 5.26. The van der Waals surface area contributed by atoms with Crippen molar-refractivity contribution in [2.45, 2.75) is 13.5 Å². The number of halogens is 2. The SMILES string of the molecule is COc1cc(C(=O)Nc2c(C)cnn2Cc2cc(F)ccc2F)on1. The molecule has 0 fully saturated rings. The standard InChI is InChI=1S/C16H14F2N4O3/c1-9-7-19-22(8-10-5-11(17)3-4-12(10)18)15(9)20-16(23)13-6-14(24-2)21-25-13/h3-7H,8H2,1-2H3,(H,20,23). The minimum atomic E-state index is -0.569. The molecule has 130 valence electrons. The smallest absolute Gasteiger partial charge is 0.295 e. The molecule has 2 heterocycles. The summed E-state index contributed by atoms with van der Waals surface area (Å²) in [7, 11) is 1.40. The van der Waals surface area contributed by atoms with E-state index in [9.17, 15) is 13.6 Å². The third kappa shape index (κ3) is 3.49. The number of amides is 1. The predicted molar refractivity (Wildman–Crippen MR) is 83.4 cm³/mol. The molecule has 0 atom stereocenters. The Morgan fingerprint density at radius 1 is 1.36 bits per heavy atom. The highest BCUT2D eigenvalue weighted by Gasteiger charge is 2.18. The maximum atomic E-state index is 13.8. The molecule has 3 aromatic rings. The van der Waals surface area contributed by atoms with E-state index in [4.69, 9.17) is 9.26 Å². The highest BCUT2D eigenvalue weighted by atomic mass is 19.1. The second-order valence-corrected chi connectivity index (χ2v) is 5.26. The third-order valence-corrected chi connectivity index (χ3v) is 3.50. The number of aromatic nitrogens is 3. The Bertz CT molecular complexity index is 920. The molecule has 0 unspecified atom stereocenters. The van der Waals surface area contributed by atoms with E-state index in [2.05, 4.69) is 15.6 Å². The topological polar surface area (TPSA) is 82.2 Å². The molecule has 3 rings (SSSR count). The zero-order chi connectivity index (χ0) is 18.0. The van der Waals surface area contributed by atoms with Crippen LogP contribution in [0.15, 0.2) is 35.0 Å². The van der Waals surface area contributed by atoms with Crippen molar-refractivity contribution in [1.29, 1.82) is 0 Å². The van der Waals surface area contributed by atoms with Gasteiger partial charge in [-0.1, -0.05) is 0 Å². The van der Waals surface area contributed by atoms with Crippen molar-refractivity contribution in [1.82, 2.24) is 14.9 Å². The number of aryl methyl sites for hydroxylation is 1. The Morgan fingerprint density at radius 2 is 2.16 bits per heavy atom. The lowest BCUT2D eigenvalue weighted by Crippen LogP contribution is -2.16. The lowest BCUT2D eigenvalue weighted by atomic mass is 10.2. The van der Waals surface area contributed by atoms with E-state index in [0.717, 1.165) is 18.2 Å². The molecule has 0 aliphatic rings. The van der Waals surface area contributed by atoms with Gasteiger partial charge < -0.3 is 14.6 Å². The number of ether oxygens (including phenoxy) is 1. The van der Waals surface area contributed by atoms with Gasteiger partial charge in [-0.3, -0.25) is 4.79 Å². The van der Waals surface area contributed by atoms with Crippen LogP contribution in [-0.2, 0) is 6.54 Å². The van der Waals surface area contributed by atoms with Gasteiger partial charge in [0, 0.05) is 11.1 Å². The number of anilines is 1. The van der Waals surface area contributed by atoms with Crippen molar-refractivity contribution in [2.75, 3.05) is 12.4 Å². The van der Waals surface area contributed by atoms with Crippen LogP contribution in [0.25, 0.3) is 0 Å². The van der Waals surface area contributed by atoms with Gasteiger partial charge in [-0.05, 0) is 30.3 Å². The van der Waals surface area contributed by atoms with Crippen molar-refractivity contribution in [3.8, 4) is 5.88 Å². The number of hydrogen-bond acceptors (Lipinski definition) is 5. The Hall–Kier alpha value is -3.23. The Kier molecular flexibility index (Phi) is 4.46. The molecule has 7 nitrogen and oxygen atoms in total. The summed E-state index contributed by atoms with van der Waals surface area (Å²) in [5.74, 6) is -1.24. The second kappa shape index (κ2) is 6.71. The Morgan fingerprint density at radius 3 is 2.88 bits per heavy atom. The van der Waals surface area contributed by atoms with E-state index >= 15 is 0 Å². The van der Waals surface area contributed by atoms with Gasteiger partial charge in [0.05, 0.1) is 25.9 Å². The van der Waals surface area contributed by atoms with Gasteiger partial charge in [0.2, 0.25) is 5.76 Å². The summed E-state index contributed by atoms with van der Waals surface area (Å²) >= 11 is 0. The highest BCUT2D eigenvalue weighted by Crippen LogP contribution is 2.20. The first-order valence-electron chi connectivity index (χ1n) is 7.26. The van der Waals surface area contributed by atoms with E-state index in [0.29, 0.717) is 11.4 Å². The Balaban J connectivity index is 1.84. The highest BCUT2D eigenvalue weighted by molar-refractivity contribution is 6.02. The van der Waals surface area contributed by atoms with E-state index in [1.807, 2.05) is 0 Å². The normalized spacial score (nSPS) is 10.7. The largest absolute Gasteiger partial charge is 0.479 e. The third-order valence-electron chi connectivity index (χ3n) is 3.50. The van der Waals surface area contributed by atoms with E-state index in [-0.39, 0.29) is 23.7 Å². The van der Waals surface area contributed by atoms with Gasteiger partial charge in [0.25, 0.3) is 11.8 Å². The molecule has 0 aliphatic heterocycles. The molecule has 0 bridgehead atoms. The molecule has 1 amide bonds. The van der Waals surface area contributed by atoms with Crippen molar-refractivity contribution in [2.24, 2.45) is 0 Å². The molecule has 0 saturated heterocycles. The van der Waals surface area contributed by atoms with Crippen molar-refractivity contribution in [3.05, 3.63) is 59.0 Å². The lowest BCUT2D eigenvalue weighted by molar-refractivity contribution is 0.0986. The molecule has 0 saturated carbocycles. The Labute approximate surface area is 141 Å². The fourth-order valence-electron chi connectivity index (χ4n) is 2.22. The number of nitrogens with zero attached hydrogens (tertiary/aromatic N) is 3. The molecule has 1 aromatic carbocycles. The van der Waals surface area contributed by atoms with Crippen LogP contribution in [0, 0.1) is 18.6 Å². The maximum absolute atomic E-state index is 13.8. The van der Waals surface area contributed by atoms with Crippen LogP contribution >= 0.6 is 0 Å². The summed E-state index contributed by atoms with van der Waals surface area (Å²) in [5.41, 5.74) is 0.761. The number of nitrogens with one attached hydrogen (secondary N) is 1. The first-order valence-corrected chi connectivity index (χ1v) is 7.26. The van der Waals surface area contributed by atoms with Crippen LogP contribution in [0.5, 0.6) is 5.88 Å². The van der Waals surface area contributed by atoms with Crippen LogP contribution < -0.4 is 10.1 Å². The average molecular weight is 348 g/mol. The predicted octanol–water partition coefficient (Wildman–Crippen LogP) is 2.77. The average Bonchev–Trinajstić information content (AvgIpc) is 3.20. The van der Waals surface area contributed by atoms with Crippen molar-refractivity contribution in [3.63, 3.8) is 0 Å². The first-order chi connectivity index (χ1) is 12.0. The lowest BCUT2D eigenvalue weighted by Gasteiger charge is -2.10. The van der Waals surface area contributed by atoms with Gasteiger partial charge in [-0.15, -0.1) is 0 Å². The summed E-state index contributed by atoms with van der Waals surface area (Å²) in [6.45, 7) is 1.68. The maximum Gasteiger partial charge on any atom is 0.295 e. The molecular weight excluding hydrogens is 334 g/mol. The number of hydrogen-bond donors (Lipinski definition) is 1. The fourth-order valence-corrected chi connectivity index (χ4v) is 2.22. The molecule has 25 heavy (non-hydrogen) atoms. The van der Waals surface area contributed by atoms with Crippen LogP contribution in [0.4, 0.5) is 14.6 Å². The van der Waals surface area contributed by atoms with E-state index in [1.165, 1.54) is 24.1 Å². The number of benzene rings is 1. The number of methoxy groups -OCH3 is 1. The summed E-state index contributed by atoms with van der Waals surface area (Å²) in [6.07, 6.45) is 1.51. The van der Waals surface area contributed by atoms with Gasteiger partial charge in [0.15, 0.2) is 0 Å². The number of carbonyl (C=O) groups is 1. The van der Waals surface area contributed by atoms with Gasteiger partial charge in [0.1, 0.15) is 17.5 Å². The van der Waals surface area contributed by atoms with Crippen LogP contribution in [0.1, 0.15) is 21.7 Å². The van der Waals surface area contributed by atoms with Crippen LogP contribution in [0.2, 0.25) is 0 Å². The number of carbonyl (C=O) groups excluding carboxylic acids is 1. The van der Waals surface area contributed by atoms with Gasteiger partial charge >= 0.3 is 0 Å². The van der Waals surface area contributed by atoms with Crippen molar-refractivity contribution >= 4 is 11.7 Å². The molecule has 0 aliphatic carbocycles. The van der Waals surface area contributed by atoms with E-state index < -0.39 is 17.5 Å². The molecule has 9 heteroatoms. The monoisotopic (exact) mass is 348 g/mol. The van der Waals surface area contributed by atoms with Crippen molar-refractivity contribution < 1.29 is 22.8 Å². The number of rotatable bonds is 5. The molecule has 0 radical (unpaired) electrons. The summed E-state index contributed by atoms with van der Waals surface area (Å²) < 4.78 is 38.2. The molecule has 0 spiro atoms. The molecule has 2 aromatic heterocycles. The van der Waals surface area contributed by atoms with Crippen LogP contribution in [-0.4, -0.2) is 28.0 Å². The summed E-state index contributed by atoms with van der Waals surface area (Å²) in [4.78, 5) is 12.2. The van der Waals surface area contributed by atoms with Gasteiger partial charge in [-0.2, -0.15) is 5.10 Å². The quantitative estimate of drug-likeness (QED) is 0.767. The molecular formula is C16H14F2N4O3. The first kappa shape index (κ1) is 16.6. The van der Waals surface area contributed by atoms with Gasteiger partial charge in [-0.25, -0.2) is 13.5 Å². The zero-order valence-electron chi connectivity index (χ0n) is 13.4. The zero-order valence-corrected chi connectivity index (χ0v) is 13.4. The van der Waals surface area contributed by atoms with Crippen LogP contribution in [0.3, 0.4) is 0 Å². The molecule has 1 N–H and O–H groups in total. The minimum absolute atomic E-state index is 0.0488. The summed E-state index contributed by atoms with van der Waals surface area (Å²) in [6, 6.07) is 4.49. The van der Waals surface area contributed by atoms with E-state index in [1.54, 1.807) is 6.92 Å². The minimum Gasteiger partial charge on any atom is -0.479 e. The summed E-state index contributed by atoms with van der Waals surface area (Å²) in [5, 5.41) is 10.3. The fraction of sp³-hybridized carbons (Fsp3) is 0.188.